The Hall–Kier alpha value is -5.59. The molecule has 3 fully saturated rings. The number of imide groups is 1. The highest BCUT2D eigenvalue weighted by Gasteiger charge is 2.44. The van der Waals surface area contributed by atoms with Gasteiger partial charge in [-0.05, 0) is 74.2 Å². The van der Waals surface area contributed by atoms with Crippen molar-refractivity contribution in [1.29, 1.82) is 0 Å². The number of aryl methyl sites for hydroxylation is 1. The van der Waals surface area contributed by atoms with Crippen LogP contribution in [0.4, 0.5) is 5.69 Å². The van der Waals surface area contributed by atoms with E-state index >= 15 is 0 Å². The number of hydrogen-bond acceptors (Lipinski definition) is 9. The van der Waals surface area contributed by atoms with Crippen LogP contribution in [0.1, 0.15) is 72.1 Å². The molecule has 294 valence electrons. The number of carbonyl (C=O) groups excluding carboxylic acids is 3. The van der Waals surface area contributed by atoms with Crippen LogP contribution in [0, 0.1) is 0 Å². The van der Waals surface area contributed by atoms with Gasteiger partial charge < -0.3 is 24.3 Å². The highest BCUT2D eigenvalue weighted by Crippen LogP contribution is 2.34. The minimum atomic E-state index is -0.795. The SMILES string of the molecule is C=C1CCC(N2C(=O)c3ccc(N4CCN(CCCCCCOC5CC(Oc6ccc(-c7ccc8c9cnccc9n(C)c8c7)cn6)C5)CC4)cc3C2=O)C(=O)N1. The largest absolute Gasteiger partial charge is 0.474 e. The molecule has 5 aromatic rings. The second-order valence-corrected chi connectivity index (χ2v) is 15.9. The van der Waals surface area contributed by atoms with Gasteiger partial charge in [-0.15, -0.1) is 0 Å². The average molecular weight is 768 g/mol. The zero-order valence-electron chi connectivity index (χ0n) is 32.5. The van der Waals surface area contributed by atoms with Crippen molar-refractivity contribution >= 4 is 45.2 Å². The topological polar surface area (TPSA) is 122 Å². The number of amides is 3. The summed E-state index contributed by atoms with van der Waals surface area (Å²) in [6.45, 7) is 9.29. The Kier molecular flexibility index (Phi) is 10.2. The predicted octanol–water partition coefficient (Wildman–Crippen LogP) is 6.49. The van der Waals surface area contributed by atoms with E-state index in [1.54, 1.807) is 6.07 Å². The summed E-state index contributed by atoms with van der Waals surface area (Å²) >= 11 is 0. The molecule has 0 radical (unpaired) electrons. The highest BCUT2D eigenvalue weighted by atomic mass is 16.5. The number of anilines is 1. The predicted molar refractivity (Wildman–Crippen MR) is 219 cm³/mol. The lowest BCUT2D eigenvalue weighted by molar-refractivity contribution is -0.125. The summed E-state index contributed by atoms with van der Waals surface area (Å²) in [4.78, 5) is 53.8. The first-order valence-electron chi connectivity index (χ1n) is 20.4. The van der Waals surface area contributed by atoms with Gasteiger partial charge in [0.2, 0.25) is 11.8 Å². The number of unbranched alkanes of at least 4 members (excludes halogenated alkanes) is 3. The van der Waals surface area contributed by atoms with E-state index in [0.717, 1.165) is 98.5 Å². The molecule has 12 nitrogen and oxygen atoms in total. The molecule has 3 aliphatic heterocycles. The zero-order valence-corrected chi connectivity index (χ0v) is 32.5. The zero-order chi connectivity index (χ0) is 39.0. The van der Waals surface area contributed by atoms with Crippen LogP contribution in [-0.4, -0.2) is 99.6 Å². The van der Waals surface area contributed by atoms with Gasteiger partial charge in [-0.25, -0.2) is 4.98 Å². The van der Waals surface area contributed by atoms with Crippen LogP contribution in [0.3, 0.4) is 0 Å². The van der Waals surface area contributed by atoms with Gasteiger partial charge in [0, 0.05) is 111 Å². The molecular formula is C45H49N7O5. The Morgan fingerprint density at radius 3 is 2.42 bits per heavy atom. The number of ether oxygens (including phenoxy) is 2. The van der Waals surface area contributed by atoms with E-state index in [9.17, 15) is 14.4 Å². The number of piperazine rings is 1. The summed E-state index contributed by atoms with van der Waals surface area (Å²) in [5.74, 6) is -0.472. The van der Waals surface area contributed by atoms with E-state index in [1.165, 1.54) is 22.8 Å². The smallest absolute Gasteiger partial charge is 0.262 e. The number of nitrogens with zero attached hydrogens (tertiary/aromatic N) is 6. The van der Waals surface area contributed by atoms with Crippen molar-refractivity contribution in [3.8, 4) is 17.0 Å². The van der Waals surface area contributed by atoms with Crippen LogP contribution in [0.15, 0.2) is 85.5 Å². The molecule has 1 aliphatic carbocycles. The molecule has 12 heteroatoms. The number of rotatable bonds is 13. The summed E-state index contributed by atoms with van der Waals surface area (Å²) in [6, 6.07) is 17.3. The van der Waals surface area contributed by atoms with Gasteiger partial charge in [0.05, 0.1) is 22.7 Å². The van der Waals surface area contributed by atoms with Crippen molar-refractivity contribution < 1.29 is 23.9 Å². The van der Waals surface area contributed by atoms with E-state index < -0.39 is 11.9 Å². The fourth-order valence-corrected chi connectivity index (χ4v) is 8.78. The average Bonchev–Trinajstić information content (AvgIpc) is 3.64. The Morgan fingerprint density at radius 1 is 0.807 bits per heavy atom. The third-order valence-corrected chi connectivity index (χ3v) is 12.2. The van der Waals surface area contributed by atoms with Crippen LogP contribution in [0.25, 0.3) is 32.9 Å². The summed E-state index contributed by atoms with van der Waals surface area (Å²) in [6.07, 6.45) is 13.4. The molecule has 0 bridgehead atoms. The second kappa shape index (κ2) is 15.7. The van der Waals surface area contributed by atoms with Gasteiger partial charge in [-0.1, -0.05) is 31.6 Å². The Balaban J connectivity index is 0.643. The molecule has 1 atom stereocenters. The first-order chi connectivity index (χ1) is 27.8. The minimum Gasteiger partial charge on any atom is -0.474 e. The summed E-state index contributed by atoms with van der Waals surface area (Å²) in [5, 5.41) is 5.05. The quantitative estimate of drug-likeness (QED) is 0.106. The number of hydrogen-bond donors (Lipinski definition) is 1. The monoisotopic (exact) mass is 767 g/mol. The van der Waals surface area contributed by atoms with Gasteiger partial charge in [0.25, 0.3) is 11.8 Å². The number of fused-ring (bicyclic) bond motifs is 4. The number of pyridine rings is 2. The Labute approximate surface area is 332 Å². The minimum absolute atomic E-state index is 0.145. The number of benzene rings is 2. The lowest BCUT2D eigenvalue weighted by Crippen LogP contribution is -2.51. The number of carbonyl (C=O) groups is 3. The van der Waals surface area contributed by atoms with Crippen molar-refractivity contribution in [2.24, 2.45) is 7.05 Å². The van der Waals surface area contributed by atoms with Crippen molar-refractivity contribution in [2.75, 3.05) is 44.2 Å². The first kappa shape index (κ1) is 37.0. The summed E-state index contributed by atoms with van der Waals surface area (Å²) in [5.41, 5.74) is 6.85. The summed E-state index contributed by atoms with van der Waals surface area (Å²) in [7, 11) is 2.09. The maximum Gasteiger partial charge on any atom is 0.262 e. The lowest BCUT2D eigenvalue weighted by atomic mass is 9.92. The van der Waals surface area contributed by atoms with Gasteiger partial charge in [0.15, 0.2) is 0 Å². The molecule has 1 N–H and O–H groups in total. The normalized spacial score (nSPS) is 21.3. The van der Waals surface area contributed by atoms with Crippen LogP contribution in [0.5, 0.6) is 5.88 Å². The Bertz CT molecular complexity index is 2340. The number of nitrogens with one attached hydrogen (secondary N) is 1. The molecule has 57 heavy (non-hydrogen) atoms. The standard InChI is InChI=1S/C45H49N7O5/c1-29-7-13-40(43(53)48-29)52-44(54)36-12-10-32(24-37(36)45(52)55)51-20-18-50(19-21-51)17-5-3-4-6-22-56-33-25-34(26-33)57-42-14-9-31(27-47-42)30-8-11-35-38-28-46-16-15-39(38)49(2)41(35)23-30/h8-12,14-16,23-24,27-28,33-34,40H,1,3-7,13,17-22,25-26H2,2H3,(H,48,53). The van der Waals surface area contributed by atoms with Crippen molar-refractivity contribution in [3.05, 3.63) is 96.6 Å². The van der Waals surface area contributed by atoms with Gasteiger partial charge >= 0.3 is 0 Å². The molecule has 2 aromatic carbocycles. The molecule has 2 saturated heterocycles. The number of aromatic nitrogens is 3. The molecule has 4 aliphatic rings. The van der Waals surface area contributed by atoms with Gasteiger partial charge in [-0.2, -0.15) is 0 Å². The molecule has 1 saturated carbocycles. The fraction of sp³-hybridized carbons (Fsp3) is 0.400. The number of piperidine rings is 1. The van der Waals surface area contributed by atoms with E-state index in [0.29, 0.717) is 35.5 Å². The lowest BCUT2D eigenvalue weighted by Gasteiger charge is -2.36. The van der Waals surface area contributed by atoms with E-state index in [-0.39, 0.29) is 24.0 Å². The molecule has 3 aromatic heterocycles. The van der Waals surface area contributed by atoms with Gasteiger partial charge in [0.1, 0.15) is 12.1 Å². The van der Waals surface area contributed by atoms with Crippen molar-refractivity contribution in [3.63, 3.8) is 0 Å². The first-order valence-corrected chi connectivity index (χ1v) is 20.4. The van der Waals surface area contributed by atoms with E-state index in [4.69, 9.17) is 9.47 Å². The number of allylic oxidation sites excluding steroid dienone is 1. The van der Waals surface area contributed by atoms with Crippen LogP contribution >= 0.6 is 0 Å². The second-order valence-electron chi connectivity index (χ2n) is 15.9. The van der Waals surface area contributed by atoms with Crippen LogP contribution in [-0.2, 0) is 16.6 Å². The molecule has 6 heterocycles. The Morgan fingerprint density at radius 2 is 1.61 bits per heavy atom. The van der Waals surface area contributed by atoms with Crippen LogP contribution in [0.2, 0.25) is 0 Å². The molecule has 1 unspecified atom stereocenters. The summed E-state index contributed by atoms with van der Waals surface area (Å²) < 4.78 is 14.5. The molecule has 9 rings (SSSR count). The molecule has 0 spiro atoms. The van der Waals surface area contributed by atoms with E-state index in [1.807, 2.05) is 36.8 Å². The van der Waals surface area contributed by atoms with Crippen molar-refractivity contribution in [2.45, 2.75) is 69.6 Å². The third-order valence-electron chi connectivity index (χ3n) is 12.2. The molecular weight excluding hydrogens is 719 g/mol. The maximum atomic E-state index is 13.3. The third kappa shape index (κ3) is 7.39. The van der Waals surface area contributed by atoms with E-state index in [2.05, 4.69) is 73.6 Å². The highest BCUT2D eigenvalue weighted by molar-refractivity contribution is 6.23. The molecule has 3 amide bonds. The van der Waals surface area contributed by atoms with Crippen LogP contribution < -0.4 is 15.0 Å². The van der Waals surface area contributed by atoms with Crippen molar-refractivity contribution in [1.82, 2.24) is 29.7 Å². The van der Waals surface area contributed by atoms with Gasteiger partial charge in [-0.3, -0.25) is 29.2 Å². The maximum absolute atomic E-state index is 13.3. The fourth-order valence-electron chi connectivity index (χ4n) is 8.78.